The highest BCUT2D eigenvalue weighted by Crippen LogP contribution is 2.25. The van der Waals surface area contributed by atoms with Crippen LogP contribution in [0.5, 0.6) is 0 Å². The van der Waals surface area contributed by atoms with Crippen molar-refractivity contribution in [1.82, 2.24) is 9.97 Å². The number of nitrogen functional groups attached to an aromatic ring is 2. The van der Waals surface area contributed by atoms with Crippen LogP contribution in [0, 0.1) is 0 Å². The van der Waals surface area contributed by atoms with Gasteiger partial charge < -0.3 is 27.4 Å². The zero-order valence-electron chi connectivity index (χ0n) is 13.9. The van der Waals surface area contributed by atoms with Crippen molar-refractivity contribution < 1.29 is 46.1 Å². The molecule has 0 spiro atoms. The lowest BCUT2D eigenvalue weighted by Gasteiger charge is -2.23. The van der Waals surface area contributed by atoms with Crippen molar-refractivity contribution in [3.05, 3.63) is 11.8 Å². The fourth-order valence-corrected chi connectivity index (χ4v) is 1.04. The highest BCUT2D eigenvalue weighted by Gasteiger charge is 2.38. The van der Waals surface area contributed by atoms with Gasteiger partial charge in [0.25, 0.3) is 0 Å². The molecule has 0 fully saturated rings. The van der Waals surface area contributed by atoms with Crippen LogP contribution in [0.25, 0.3) is 0 Å². The summed E-state index contributed by atoms with van der Waals surface area (Å²) in [5, 5.41) is 14.2. The topological polar surface area (TPSA) is 178 Å². The smallest absolute Gasteiger partial charge is 0.475 e. The summed E-state index contributed by atoms with van der Waals surface area (Å²) >= 11 is 0. The van der Waals surface area contributed by atoms with Crippen LogP contribution in [0.2, 0.25) is 0 Å². The molecular formula is C12H17F6N5O4. The number of anilines is 2. The van der Waals surface area contributed by atoms with Gasteiger partial charge in [0.2, 0.25) is 5.95 Å². The highest BCUT2D eigenvalue weighted by atomic mass is 19.4. The SMILES string of the molecule is CC(C)(CN)c1cnc(N)nc1N.O=C(O)C(F)(F)F.O=C(O)C(F)(F)F. The quantitative estimate of drug-likeness (QED) is 0.448. The molecule has 1 rings (SSSR count). The number of nitrogens with zero attached hydrogens (tertiary/aromatic N) is 2. The summed E-state index contributed by atoms with van der Waals surface area (Å²) in [6, 6.07) is 0. The van der Waals surface area contributed by atoms with Crippen LogP contribution in [-0.4, -0.2) is 51.0 Å². The van der Waals surface area contributed by atoms with E-state index in [9.17, 15) is 26.3 Å². The standard InChI is InChI=1S/C8H15N5.2C2HF3O2/c1-8(2,4-9)5-3-12-7(11)13-6(5)10;2*3-2(4,5)1(6)7/h3H,4,9H2,1-2H3,(H4,10,11,12,13);2*(H,6,7). The maximum absolute atomic E-state index is 10.6. The molecule has 0 unspecified atom stereocenters. The fraction of sp³-hybridized carbons (Fsp3) is 0.500. The number of hydrogen-bond acceptors (Lipinski definition) is 7. The first-order valence-corrected chi connectivity index (χ1v) is 6.55. The molecule has 1 heterocycles. The molecule has 15 heteroatoms. The van der Waals surface area contributed by atoms with Gasteiger partial charge in [-0.05, 0) is 0 Å². The number of carboxylic acid groups (broad SMARTS) is 2. The van der Waals surface area contributed by atoms with Gasteiger partial charge >= 0.3 is 24.3 Å². The van der Waals surface area contributed by atoms with E-state index >= 15 is 0 Å². The number of rotatable bonds is 2. The van der Waals surface area contributed by atoms with Crippen molar-refractivity contribution >= 4 is 23.7 Å². The van der Waals surface area contributed by atoms with E-state index in [4.69, 9.17) is 37.0 Å². The number of aromatic nitrogens is 2. The molecule has 0 amide bonds. The fourth-order valence-electron chi connectivity index (χ4n) is 1.04. The zero-order valence-corrected chi connectivity index (χ0v) is 13.9. The van der Waals surface area contributed by atoms with Gasteiger partial charge in [-0.25, -0.2) is 14.6 Å². The Kier molecular flexibility index (Phi) is 9.53. The first kappa shape index (κ1) is 26.4. The van der Waals surface area contributed by atoms with Crippen molar-refractivity contribution in [3.63, 3.8) is 0 Å². The number of halogens is 6. The van der Waals surface area contributed by atoms with Crippen LogP contribution < -0.4 is 17.2 Å². The van der Waals surface area contributed by atoms with Crippen LogP contribution in [0.1, 0.15) is 19.4 Å². The van der Waals surface area contributed by atoms with E-state index in [1.165, 1.54) is 0 Å². The number of alkyl halides is 6. The third kappa shape index (κ3) is 10.7. The lowest BCUT2D eigenvalue weighted by molar-refractivity contribution is -0.193. The van der Waals surface area contributed by atoms with Crippen LogP contribution in [-0.2, 0) is 15.0 Å². The number of aliphatic carboxylic acids is 2. The van der Waals surface area contributed by atoms with E-state index in [2.05, 4.69) is 9.97 Å². The molecule has 0 aliphatic rings. The molecule has 8 N–H and O–H groups in total. The van der Waals surface area contributed by atoms with Gasteiger partial charge in [-0.15, -0.1) is 0 Å². The van der Waals surface area contributed by atoms with Gasteiger partial charge in [0.05, 0.1) is 0 Å². The van der Waals surface area contributed by atoms with E-state index in [-0.39, 0.29) is 11.4 Å². The average molecular weight is 409 g/mol. The number of carbonyl (C=O) groups is 2. The third-order valence-corrected chi connectivity index (χ3v) is 2.56. The molecule has 1 aromatic rings. The van der Waals surface area contributed by atoms with Crippen molar-refractivity contribution in [2.75, 3.05) is 18.0 Å². The number of nitrogens with two attached hydrogens (primary N) is 3. The lowest BCUT2D eigenvalue weighted by Crippen LogP contribution is -2.29. The molecule has 0 aliphatic heterocycles. The molecule has 0 saturated carbocycles. The second-order valence-electron chi connectivity index (χ2n) is 5.22. The molecule has 0 aromatic carbocycles. The van der Waals surface area contributed by atoms with E-state index in [1.54, 1.807) is 6.20 Å². The van der Waals surface area contributed by atoms with Crippen LogP contribution in [0.15, 0.2) is 6.20 Å². The van der Waals surface area contributed by atoms with Gasteiger partial charge in [-0.1, -0.05) is 13.8 Å². The van der Waals surface area contributed by atoms with Gasteiger partial charge in [0.15, 0.2) is 0 Å². The van der Waals surface area contributed by atoms with Crippen LogP contribution >= 0.6 is 0 Å². The Labute approximate surface area is 148 Å². The monoisotopic (exact) mass is 409 g/mol. The summed E-state index contributed by atoms with van der Waals surface area (Å²) in [4.78, 5) is 25.6. The van der Waals surface area contributed by atoms with E-state index in [0.717, 1.165) is 5.56 Å². The molecule has 9 nitrogen and oxygen atoms in total. The summed E-state index contributed by atoms with van der Waals surface area (Å²) in [6.45, 7) is 4.46. The second kappa shape index (κ2) is 9.75. The maximum atomic E-state index is 10.6. The van der Waals surface area contributed by atoms with Crippen LogP contribution in [0.3, 0.4) is 0 Å². The summed E-state index contributed by atoms with van der Waals surface area (Å²) in [7, 11) is 0. The van der Waals surface area contributed by atoms with Crippen LogP contribution in [0.4, 0.5) is 38.1 Å². The molecule has 0 saturated heterocycles. The van der Waals surface area contributed by atoms with Crippen molar-refractivity contribution in [2.24, 2.45) is 5.73 Å². The minimum absolute atomic E-state index is 0.189. The minimum atomic E-state index is -5.08. The highest BCUT2D eigenvalue weighted by molar-refractivity contribution is 5.73. The van der Waals surface area contributed by atoms with Crippen molar-refractivity contribution in [1.29, 1.82) is 0 Å². The first-order chi connectivity index (χ1) is 11.9. The summed E-state index contributed by atoms with van der Waals surface area (Å²) in [5.41, 5.74) is 17.3. The Morgan fingerprint density at radius 3 is 1.56 bits per heavy atom. The Balaban J connectivity index is 0. The van der Waals surface area contributed by atoms with E-state index < -0.39 is 24.3 Å². The predicted molar refractivity (Wildman–Crippen MR) is 80.3 cm³/mol. The third-order valence-electron chi connectivity index (χ3n) is 2.56. The second-order valence-corrected chi connectivity index (χ2v) is 5.22. The molecule has 156 valence electrons. The molecule has 27 heavy (non-hydrogen) atoms. The summed E-state index contributed by atoms with van der Waals surface area (Å²) in [5.74, 6) is -4.92. The van der Waals surface area contributed by atoms with Gasteiger partial charge in [-0.3, -0.25) is 0 Å². The Hall–Kier alpha value is -2.84. The lowest BCUT2D eigenvalue weighted by atomic mass is 9.86. The molecule has 0 bridgehead atoms. The zero-order chi connectivity index (χ0) is 22.2. The number of hydrogen-bond donors (Lipinski definition) is 5. The summed E-state index contributed by atoms with van der Waals surface area (Å²) in [6.07, 6.45) is -8.54. The first-order valence-electron chi connectivity index (χ1n) is 6.55. The van der Waals surface area contributed by atoms with Crippen molar-refractivity contribution in [2.45, 2.75) is 31.6 Å². The molecule has 0 aliphatic carbocycles. The largest absolute Gasteiger partial charge is 0.490 e. The van der Waals surface area contributed by atoms with Gasteiger partial charge in [0.1, 0.15) is 5.82 Å². The Morgan fingerprint density at radius 1 is 1.00 bits per heavy atom. The maximum Gasteiger partial charge on any atom is 0.490 e. The summed E-state index contributed by atoms with van der Waals surface area (Å²) < 4.78 is 63.5. The molecular weight excluding hydrogens is 392 g/mol. The van der Waals surface area contributed by atoms with Gasteiger partial charge in [0, 0.05) is 23.7 Å². The number of carboxylic acids is 2. The minimum Gasteiger partial charge on any atom is -0.475 e. The molecule has 0 atom stereocenters. The Morgan fingerprint density at radius 2 is 1.33 bits per heavy atom. The van der Waals surface area contributed by atoms with Crippen molar-refractivity contribution in [3.8, 4) is 0 Å². The van der Waals surface area contributed by atoms with E-state index in [1.807, 2.05) is 13.8 Å². The molecule has 0 radical (unpaired) electrons. The normalized spacial score (nSPS) is 11.4. The predicted octanol–water partition coefficient (Wildman–Crippen LogP) is 1.14. The molecule has 1 aromatic heterocycles. The van der Waals surface area contributed by atoms with E-state index in [0.29, 0.717) is 12.4 Å². The Bertz CT molecular complexity index is 624. The average Bonchev–Trinajstić information content (AvgIpc) is 2.46. The van der Waals surface area contributed by atoms with Gasteiger partial charge in [-0.2, -0.15) is 31.3 Å².